The normalized spacial score (nSPS) is 14.5. The summed E-state index contributed by atoms with van der Waals surface area (Å²) in [5.74, 6) is 0. The summed E-state index contributed by atoms with van der Waals surface area (Å²) >= 11 is 0. The number of aliphatic hydroxyl groups is 4. The highest BCUT2D eigenvalue weighted by Crippen LogP contribution is 2.20. The van der Waals surface area contributed by atoms with Gasteiger partial charge >= 0.3 is 0 Å². The van der Waals surface area contributed by atoms with E-state index in [0.717, 1.165) is 0 Å². The van der Waals surface area contributed by atoms with Crippen LogP contribution in [0.1, 0.15) is 0 Å². The quantitative estimate of drug-likeness (QED) is 0.191. The van der Waals surface area contributed by atoms with Gasteiger partial charge in [0.2, 0.25) is 5.72 Å². The van der Waals surface area contributed by atoms with Gasteiger partial charge in [0, 0.05) is 0 Å². The van der Waals surface area contributed by atoms with E-state index in [1.807, 2.05) is 0 Å². The van der Waals surface area contributed by atoms with Crippen molar-refractivity contribution in [2.75, 3.05) is 79.3 Å². The molecular weight excluding hydrogens is 284 g/mol. The molecule has 0 bridgehead atoms. The fourth-order valence-electron chi connectivity index (χ4n) is 1.64. The zero-order valence-corrected chi connectivity index (χ0v) is 12.3. The first-order valence-corrected chi connectivity index (χ1v) is 6.88. The number of hydrogen-bond donors (Lipinski definition) is 4. The van der Waals surface area contributed by atoms with Gasteiger partial charge in [0.25, 0.3) is 0 Å². The first-order chi connectivity index (χ1) is 12.2. The molecule has 0 saturated carbocycles. The molecule has 0 aromatic rings. The van der Waals surface area contributed by atoms with Crippen molar-refractivity contribution in [3.8, 4) is 0 Å². The van der Waals surface area contributed by atoms with Crippen LogP contribution in [0.3, 0.4) is 0 Å². The molecule has 0 amide bonds. The summed E-state index contributed by atoms with van der Waals surface area (Å²) < 4.78 is 48.7. The Morgan fingerprint density at radius 1 is 0.571 bits per heavy atom. The molecule has 0 atom stereocenters. The highest BCUT2D eigenvalue weighted by atomic mass is 16.5. The van der Waals surface area contributed by atoms with Gasteiger partial charge < -0.3 is 39.4 Å². The predicted octanol–water partition coefficient (Wildman–Crippen LogP) is -1.99. The molecule has 21 heavy (non-hydrogen) atoms. The van der Waals surface area contributed by atoms with Crippen molar-refractivity contribution in [2.45, 2.75) is 0 Å². The van der Waals surface area contributed by atoms with Crippen molar-refractivity contribution < 1.29 is 39.4 Å². The minimum atomic E-state index is -0.659. The Kier molecular flexibility index (Phi) is 9.94. The van der Waals surface area contributed by atoms with E-state index in [9.17, 15) is 0 Å². The third-order valence-electron chi connectivity index (χ3n) is 2.54. The minimum Gasteiger partial charge on any atom is -0.394 e. The largest absolute Gasteiger partial charge is 0.394 e. The van der Waals surface area contributed by atoms with Crippen LogP contribution in [-0.4, -0.2) is 105 Å². The van der Waals surface area contributed by atoms with Crippen molar-refractivity contribution in [3.63, 3.8) is 0 Å². The van der Waals surface area contributed by atoms with E-state index in [-0.39, 0.29) is 79.3 Å². The summed E-state index contributed by atoms with van der Waals surface area (Å²) in [5, 5.41) is 16.9. The Balaban J connectivity index is 4.62. The van der Waals surface area contributed by atoms with Gasteiger partial charge in [-0.2, -0.15) is 0 Å². The van der Waals surface area contributed by atoms with E-state index in [0.29, 0.717) is 0 Å². The van der Waals surface area contributed by atoms with Gasteiger partial charge in [-0.3, -0.25) is 0 Å². The smallest absolute Gasteiger partial charge is 0.210 e. The van der Waals surface area contributed by atoms with E-state index in [1.54, 1.807) is 0 Å². The van der Waals surface area contributed by atoms with Crippen molar-refractivity contribution in [3.05, 3.63) is 0 Å². The van der Waals surface area contributed by atoms with E-state index in [4.69, 9.17) is 24.7 Å². The lowest BCUT2D eigenvalue weighted by atomic mass is 9.92. The molecular formula is C13H28O8. The summed E-state index contributed by atoms with van der Waals surface area (Å²) in [6.07, 6.45) is 0. The van der Waals surface area contributed by atoms with Crippen LogP contribution < -0.4 is 0 Å². The van der Waals surface area contributed by atoms with Crippen molar-refractivity contribution in [1.82, 2.24) is 0 Å². The molecule has 4 N–H and O–H groups in total. The third-order valence-corrected chi connectivity index (χ3v) is 2.54. The average Bonchev–Trinajstić information content (AvgIpc) is 2.63. The van der Waals surface area contributed by atoms with Gasteiger partial charge in [-0.05, 0) is 0 Å². The number of hydrogen-bond acceptors (Lipinski definition) is 8. The molecule has 0 aliphatic heterocycles. The van der Waals surface area contributed by atoms with Gasteiger partial charge in [0.05, 0.1) is 84.7 Å². The van der Waals surface area contributed by atoms with Crippen molar-refractivity contribution >= 4 is 0 Å². The molecule has 8 nitrogen and oxygen atoms in total. The Morgan fingerprint density at radius 2 is 0.857 bits per heavy atom. The summed E-state index contributed by atoms with van der Waals surface area (Å²) in [7, 11) is 0. The maximum absolute atomic E-state index is 6.66. The van der Waals surface area contributed by atoms with Gasteiger partial charge in [-0.15, -0.1) is 0 Å². The Morgan fingerprint density at radius 3 is 1.10 bits per heavy atom. The molecule has 0 aliphatic rings. The standard InChI is InChI=1S/C13H28O8/c14-1-5-18-9-13(10-19-6-2-15,11-20-7-3-16)12-21-8-4-17/h14-17H,1-12H2/i14D,15D,16D,17D. The molecule has 0 fully saturated rings. The van der Waals surface area contributed by atoms with Crippen LogP contribution in [0, 0.1) is 5.41 Å². The number of aliphatic hydroxyl groups excluding tert-OH is 4. The van der Waals surface area contributed by atoms with Crippen LogP contribution in [0.15, 0.2) is 0 Å². The van der Waals surface area contributed by atoms with E-state index < -0.39 is 5.41 Å². The molecule has 128 valence electrons. The molecule has 0 aromatic heterocycles. The Labute approximate surface area is 131 Å². The van der Waals surface area contributed by atoms with Crippen LogP contribution >= 0.6 is 0 Å². The monoisotopic (exact) mass is 316 g/mol. The van der Waals surface area contributed by atoms with Gasteiger partial charge in [-0.1, -0.05) is 0 Å². The first-order valence-electron chi connectivity index (χ1n) is 8.51. The second-order valence-electron chi connectivity index (χ2n) is 4.53. The highest BCUT2D eigenvalue weighted by molar-refractivity contribution is 4.79. The van der Waals surface area contributed by atoms with E-state index >= 15 is 0 Å². The molecule has 0 heterocycles. The Bertz CT molecular complexity index is 225. The van der Waals surface area contributed by atoms with E-state index in [2.05, 4.69) is 20.4 Å². The maximum atomic E-state index is 6.66. The average molecular weight is 316 g/mol. The maximum Gasteiger partial charge on any atom is 0.210 e. The lowest BCUT2D eigenvalue weighted by Gasteiger charge is -2.32. The van der Waals surface area contributed by atoms with E-state index in [1.165, 1.54) is 0 Å². The van der Waals surface area contributed by atoms with Crippen LogP contribution in [0.25, 0.3) is 0 Å². The molecule has 0 spiro atoms. The van der Waals surface area contributed by atoms with Gasteiger partial charge in [-0.25, -0.2) is 0 Å². The van der Waals surface area contributed by atoms with Crippen LogP contribution in [-0.2, 0) is 18.9 Å². The molecule has 0 unspecified atom stereocenters. The molecule has 0 aromatic carbocycles. The summed E-state index contributed by atoms with van der Waals surface area (Å²) in [4.78, 5) is 0. The van der Waals surface area contributed by atoms with Crippen molar-refractivity contribution in [2.24, 2.45) is 5.41 Å². The zero-order chi connectivity index (χ0) is 18.6. The van der Waals surface area contributed by atoms with Gasteiger partial charge in [0.1, 0.15) is 0 Å². The minimum absolute atomic E-state index is 0.130. The molecule has 0 rings (SSSR count). The second kappa shape index (κ2) is 14.6. The highest BCUT2D eigenvalue weighted by Gasteiger charge is 2.32. The number of rotatable bonds is 20. The SMILES string of the molecule is [2H]OCCOCC(COCCO[2H])(COCCO[2H])COCCO[2H]. The van der Waals surface area contributed by atoms with Crippen LogP contribution in [0.4, 0.5) is 0 Å². The predicted molar refractivity (Wildman–Crippen MR) is 74.1 cm³/mol. The molecule has 8 heteroatoms. The summed E-state index contributed by atoms with van der Waals surface area (Å²) in [5.41, 5.74) is -0.659. The fourth-order valence-corrected chi connectivity index (χ4v) is 1.64. The summed E-state index contributed by atoms with van der Waals surface area (Å²) in [6, 6.07) is 0. The van der Waals surface area contributed by atoms with Crippen LogP contribution in [0.2, 0.25) is 0 Å². The van der Waals surface area contributed by atoms with Crippen LogP contribution in [0.5, 0.6) is 0 Å². The van der Waals surface area contributed by atoms with Crippen molar-refractivity contribution in [1.29, 1.82) is 5.72 Å². The topological polar surface area (TPSA) is 118 Å². The third kappa shape index (κ3) is 11.0. The molecule has 0 aliphatic carbocycles. The lowest BCUT2D eigenvalue weighted by molar-refractivity contribution is -0.115. The molecule has 0 radical (unpaired) electrons. The first kappa shape index (κ1) is 14.3. The van der Waals surface area contributed by atoms with Gasteiger partial charge in [0.15, 0.2) is 0 Å². The Hall–Kier alpha value is -0.320. The zero-order valence-electron chi connectivity index (χ0n) is 16.3. The number of ether oxygens (including phenoxy) is 4. The summed E-state index contributed by atoms with van der Waals surface area (Å²) in [6.45, 7) is 2.33. The second-order valence-corrected chi connectivity index (χ2v) is 4.53. The lowest BCUT2D eigenvalue weighted by Crippen LogP contribution is -2.42. The molecule has 0 saturated heterocycles. The fraction of sp³-hybridized carbons (Fsp3) is 1.00.